The fourth-order valence-corrected chi connectivity index (χ4v) is 2.12. The highest BCUT2D eigenvalue weighted by Crippen LogP contribution is 2.27. The third-order valence-corrected chi connectivity index (χ3v) is 3.27. The van der Waals surface area contributed by atoms with Crippen LogP contribution in [0, 0.1) is 5.82 Å². The molecule has 2 aromatic rings. The van der Waals surface area contributed by atoms with Crippen molar-refractivity contribution < 1.29 is 28.2 Å². The van der Waals surface area contributed by atoms with Gasteiger partial charge in [0.15, 0.2) is 18.1 Å². The molecule has 0 spiro atoms. The molecule has 1 amide bonds. The third-order valence-electron chi connectivity index (χ3n) is 3.27. The highest BCUT2D eigenvalue weighted by atomic mass is 19.1. The topological polar surface area (TPSA) is 73.9 Å². The number of rotatable bonds is 7. The van der Waals surface area contributed by atoms with Crippen molar-refractivity contribution in [1.82, 2.24) is 0 Å². The molecular formula is C18H18FNO5. The third kappa shape index (κ3) is 5.49. The standard InChI is InChI=1S/C18H18FNO5/c1-23-15-7-6-12(8-16(15)24-2)9-18(22)25-11-17(21)20-14-5-3-4-13(19)10-14/h3-8,10H,9,11H2,1-2H3,(H,20,21). The zero-order chi connectivity index (χ0) is 18.2. The molecule has 1 N–H and O–H groups in total. The minimum Gasteiger partial charge on any atom is -0.493 e. The fraction of sp³-hybridized carbons (Fsp3) is 0.222. The molecule has 0 aliphatic heterocycles. The van der Waals surface area contributed by atoms with Crippen LogP contribution < -0.4 is 14.8 Å². The van der Waals surface area contributed by atoms with Crippen molar-refractivity contribution in [3.8, 4) is 11.5 Å². The molecule has 0 heterocycles. The van der Waals surface area contributed by atoms with E-state index in [0.29, 0.717) is 22.7 Å². The van der Waals surface area contributed by atoms with Gasteiger partial charge in [0.25, 0.3) is 5.91 Å². The van der Waals surface area contributed by atoms with E-state index in [1.807, 2.05) is 0 Å². The van der Waals surface area contributed by atoms with E-state index in [4.69, 9.17) is 14.2 Å². The Hall–Kier alpha value is -3.09. The van der Waals surface area contributed by atoms with Crippen molar-refractivity contribution in [2.75, 3.05) is 26.1 Å². The van der Waals surface area contributed by atoms with Gasteiger partial charge in [-0.05, 0) is 35.9 Å². The molecule has 0 fully saturated rings. The van der Waals surface area contributed by atoms with Crippen molar-refractivity contribution in [2.45, 2.75) is 6.42 Å². The van der Waals surface area contributed by atoms with Crippen LogP contribution in [0.15, 0.2) is 42.5 Å². The Morgan fingerprint density at radius 1 is 1.04 bits per heavy atom. The molecule has 0 saturated carbocycles. The number of halogens is 1. The molecule has 0 saturated heterocycles. The van der Waals surface area contributed by atoms with Crippen LogP contribution in [0.25, 0.3) is 0 Å². The van der Waals surface area contributed by atoms with Crippen LogP contribution in [0.4, 0.5) is 10.1 Å². The summed E-state index contributed by atoms with van der Waals surface area (Å²) >= 11 is 0. The van der Waals surface area contributed by atoms with Gasteiger partial charge < -0.3 is 19.5 Å². The minimum atomic E-state index is -0.568. The Morgan fingerprint density at radius 3 is 2.48 bits per heavy atom. The van der Waals surface area contributed by atoms with Crippen molar-refractivity contribution in [2.24, 2.45) is 0 Å². The minimum absolute atomic E-state index is 0.0202. The average molecular weight is 347 g/mol. The number of amides is 1. The lowest BCUT2D eigenvalue weighted by Gasteiger charge is -2.10. The molecular weight excluding hydrogens is 329 g/mol. The molecule has 0 bridgehead atoms. The summed E-state index contributed by atoms with van der Waals surface area (Å²) in [5, 5.41) is 2.44. The van der Waals surface area contributed by atoms with Crippen molar-refractivity contribution in [3.63, 3.8) is 0 Å². The summed E-state index contributed by atoms with van der Waals surface area (Å²) in [6, 6.07) is 10.5. The molecule has 25 heavy (non-hydrogen) atoms. The number of ether oxygens (including phenoxy) is 3. The van der Waals surface area contributed by atoms with Gasteiger partial charge in [0.1, 0.15) is 5.82 Å². The number of carbonyl (C=O) groups is 2. The number of anilines is 1. The van der Waals surface area contributed by atoms with E-state index in [9.17, 15) is 14.0 Å². The van der Waals surface area contributed by atoms with E-state index < -0.39 is 24.3 Å². The normalized spacial score (nSPS) is 10.0. The number of methoxy groups -OCH3 is 2. The lowest BCUT2D eigenvalue weighted by molar-refractivity contribution is -0.146. The Bertz CT molecular complexity index is 763. The first-order chi connectivity index (χ1) is 12.0. The Balaban J connectivity index is 1.85. The van der Waals surface area contributed by atoms with Gasteiger partial charge in [0, 0.05) is 5.69 Å². The van der Waals surface area contributed by atoms with Gasteiger partial charge in [0.05, 0.1) is 20.6 Å². The summed E-state index contributed by atoms with van der Waals surface area (Å²) in [5.41, 5.74) is 0.953. The summed E-state index contributed by atoms with van der Waals surface area (Å²) < 4.78 is 28.2. The predicted octanol–water partition coefficient (Wildman–Crippen LogP) is 2.57. The molecule has 0 unspecified atom stereocenters. The highest BCUT2D eigenvalue weighted by molar-refractivity contribution is 5.92. The number of carbonyl (C=O) groups excluding carboxylic acids is 2. The van der Waals surface area contributed by atoms with E-state index in [2.05, 4.69) is 5.32 Å². The maximum atomic E-state index is 13.0. The van der Waals surface area contributed by atoms with Gasteiger partial charge in [-0.25, -0.2) is 4.39 Å². The van der Waals surface area contributed by atoms with Gasteiger partial charge in [0.2, 0.25) is 0 Å². The van der Waals surface area contributed by atoms with Crippen LogP contribution in [0.3, 0.4) is 0 Å². The lowest BCUT2D eigenvalue weighted by atomic mass is 10.1. The first-order valence-corrected chi connectivity index (χ1v) is 7.43. The van der Waals surface area contributed by atoms with Crippen LogP contribution in [-0.2, 0) is 20.7 Å². The molecule has 6 nitrogen and oxygen atoms in total. The van der Waals surface area contributed by atoms with Crippen LogP contribution in [0.5, 0.6) is 11.5 Å². The monoisotopic (exact) mass is 347 g/mol. The Kier molecular flexibility index (Phi) is 6.33. The maximum absolute atomic E-state index is 13.0. The van der Waals surface area contributed by atoms with E-state index in [1.54, 1.807) is 18.2 Å². The molecule has 0 aliphatic rings. The smallest absolute Gasteiger partial charge is 0.310 e. The predicted molar refractivity (Wildman–Crippen MR) is 89.2 cm³/mol. The number of nitrogens with one attached hydrogen (secondary N) is 1. The first-order valence-electron chi connectivity index (χ1n) is 7.43. The first kappa shape index (κ1) is 18.3. The Morgan fingerprint density at radius 2 is 1.80 bits per heavy atom. The molecule has 7 heteroatoms. The van der Waals surface area contributed by atoms with E-state index in [0.717, 1.165) is 0 Å². The molecule has 0 aromatic heterocycles. The quantitative estimate of drug-likeness (QED) is 0.779. The summed E-state index contributed by atoms with van der Waals surface area (Å²) in [7, 11) is 3.01. The zero-order valence-electron chi connectivity index (χ0n) is 13.9. The van der Waals surface area contributed by atoms with E-state index in [1.165, 1.54) is 38.5 Å². The summed E-state index contributed by atoms with van der Waals surface area (Å²) in [4.78, 5) is 23.6. The summed E-state index contributed by atoms with van der Waals surface area (Å²) in [6.07, 6.45) is -0.0202. The number of esters is 1. The second-order valence-corrected chi connectivity index (χ2v) is 5.09. The zero-order valence-corrected chi connectivity index (χ0v) is 13.9. The maximum Gasteiger partial charge on any atom is 0.310 e. The molecule has 0 radical (unpaired) electrons. The molecule has 2 aromatic carbocycles. The van der Waals surface area contributed by atoms with Crippen LogP contribution >= 0.6 is 0 Å². The highest BCUT2D eigenvalue weighted by Gasteiger charge is 2.11. The van der Waals surface area contributed by atoms with E-state index >= 15 is 0 Å². The number of hydrogen-bond donors (Lipinski definition) is 1. The largest absolute Gasteiger partial charge is 0.493 e. The van der Waals surface area contributed by atoms with Gasteiger partial charge in [-0.15, -0.1) is 0 Å². The lowest BCUT2D eigenvalue weighted by Crippen LogP contribution is -2.21. The SMILES string of the molecule is COc1ccc(CC(=O)OCC(=O)Nc2cccc(F)c2)cc1OC. The molecule has 132 valence electrons. The second kappa shape index (κ2) is 8.68. The molecule has 0 atom stereocenters. The van der Waals surface area contributed by atoms with Gasteiger partial charge in [-0.2, -0.15) is 0 Å². The number of benzene rings is 2. The fourth-order valence-electron chi connectivity index (χ4n) is 2.12. The van der Waals surface area contributed by atoms with Crippen molar-refractivity contribution >= 4 is 17.6 Å². The second-order valence-electron chi connectivity index (χ2n) is 5.09. The number of hydrogen-bond acceptors (Lipinski definition) is 5. The van der Waals surface area contributed by atoms with E-state index in [-0.39, 0.29) is 6.42 Å². The van der Waals surface area contributed by atoms with Crippen molar-refractivity contribution in [3.05, 3.63) is 53.8 Å². The molecule has 2 rings (SSSR count). The van der Waals surface area contributed by atoms with Crippen LogP contribution in [-0.4, -0.2) is 32.7 Å². The average Bonchev–Trinajstić information content (AvgIpc) is 2.60. The summed E-state index contributed by atoms with van der Waals surface area (Å²) in [5.74, 6) is -0.540. The van der Waals surface area contributed by atoms with Gasteiger partial charge in [-0.3, -0.25) is 9.59 Å². The van der Waals surface area contributed by atoms with Gasteiger partial charge >= 0.3 is 5.97 Å². The summed E-state index contributed by atoms with van der Waals surface area (Å²) in [6.45, 7) is -0.456. The van der Waals surface area contributed by atoms with Gasteiger partial charge in [-0.1, -0.05) is 12.1 Å². The Labute approximate surface area is 144 Å². The van der Waals surface area contributed by atoms with Crippen LogP contribution in [0.2, 0.25) is 0 Å². The molecule has 0 aliphatic carbocycles. The van der Waals surface area contributed by atoms with Crippen LogP contribution in [0.1, 0.15) is 5.56 Å². The van der Waals surface area contributed by atoms with Crippen molar-refractivity contribution in [1.29, 1.82) is 0 Å².